The minimum atomic E-state index is -4.46. The quantitative estimate of drug-likeness (QED) is 0.775. The van der Waals surface area contributed by atoms with Crippen molar-refractivity contribution in [2.24, 2.45) is 0 Å². The number of aryl methyl sites for hydroxylation is 2. The highest BCUT2D eigenvalue weighted by molar-refractivity contribution is 5.40. The second-order valence-electron chi connectivity index (χ2n) is 4.39. The molecule has 0 saturated heterocycles. The van der Waals surface area contributed by atoms with Gasteiger partial charge in [0.2, 0.25) is 0 Å². The molecule has 0 atom stereocenters. The highest BCUT2D eigenvalue weighted by Crippen LogP contribution is 2.28. The number of nitrogens with zero attached hydrogens (tertiary/aromatic N) is 1. The molecular formula is C14H12F3NO. The summed E-state index contributed by atoms with van der Waals surface area (Å²) >= 11 is 0. The van der Waals surface area contributed by atoms with Gasteiger partial charge in [-0.2, -0.15) is 13.2 Å². The molecule has 0 spiro atoms. The number of aromatic nitrogens is 1. The fourth-order valence-electron chi connectivity index (χ4n) is 1.73. The Hall–Kier alpha value is -2.04. The molecule has 2 aromatic rings. The largest absolute Gasteiger partial charge is 0.417 e. The van der Waals surface area contributed by atoms with Crippen molar-refractivity contribution in [2.75, 3.05) is 0 Å². The topological polar surface area (TPSA) is 22.0 Å². The summed E-state index contributed by atoms with van der Waals surface area (Å²) in [6.45, 7) is 3.74. The first-order valence-corrected chi connectivity index (χ1v) is 5.66. The Kier molecular flexibility index (Phi) is 3.22. The van der Waals surface area contributed by atoms with Gasteiger partial charge < -0.3 is 0 Å². The van der Waals surface area contributed by atoms with Crippen LogP contribution >= 0.6 is 0 Å². The Morgan fingerprint density at radius 2 is 1.68 bits per heavy atom. The van der Waals surface area contributed by atoms with Crippen molar-refractivity contribution in [3.05, 3.63) is 63.6 Å². The summed E-state index contributed by atoms with van der Waals surface area (Å²) in [5.41, 5.74) is 1.03. The maximum atomic E-state index is 12.6. The van der Waals surface area contributed by atoms with E-state index in [1.807, 2.05) is 13.8 Å². The summed E-state index contributed by atoms with van der Waals surface area (Å²) in [6.07, 6.45) is -3.64. The van der Waals surface area contributed by atoms with Gasteiger partial charge >= 0.3 is 6.18 Å². The zero-order valence-electron chi connectivity index (χ0n) is 10.5. The van der Waals surface area contributed by atoms with E-state index in [1.54, 1.807) is 18.2 Å². The molecule has 19 heavy (non-hydrogen) atoms. The van der Waals surface area contributed by atoms with E-state index in [4.69, 9.17) is 0 Å². The molecule has 0 aliphatic carbocycles. The predicted octanol–water partition coefficient (Wildman–Crippen LogP) is 3.47. The lowest BCUT2D eigenvalue weighted by molar-refractivity contribution is -0.138. The minimum absolute atomic E-state index is 0.430. The van der Waals surface area contributed by atoms with Crippen molar-refractivity contribution >= 4 is 0 Å². The molecule has 0 saturated carbocycles. The van der Waals surface area contributed by atoms with Crippen molar-refractivity contribution in [2.45, 2.75) is 20.0 Å². The number of benzene rings is 1. The monoisotopic (exact) mass is 267 g/mol. The summed E-state index contributed by atoms with van der Waals surface area (Å²) in [7, 11) is 0. The molecule has 0 fully saturated rings. The highest BCUT2D eigenvalue weighted by Gasteiger charge is 2.31. The molecule has 2 nitrogen and oxygen atoms in total. The van der Waals surface area contributed by atoms with Gasteiger partial charge in [-0.1, -0.05) is 6.07 Å². The summed E-state index contributed by atoms with van der Waals surface area (Å²) in [5.74, 6) is 0. The molecule has 0 unspecified atom stereocenters. The fraction of sp³-hybridized carbons (Fsp3) is 0.214. The first-order valence-electron chi connectivity index (χ1n) is 5.66. The normalized spacial score (nSPS) is 11.6. The second kappa shape index (κ2) is 4.57. The molecule has 100 valence electrons. The standard InChI is InChI=1S/C14H12F3NO/c1-9-3-5-12(7-10(9)2)18-8-11(14(15,16)17)4-6-13(18)19/h3-8H,1-2H3. The summed E-state index contributed by atoms with van der Waals surface area (Å²) < 4.78 is 38.9. The number of rotatable bonds is 1. The van der Waals surface area contributed by atoms with Gasteiger partial charge in [0.25, 0.3) is 5.56 Å². The van der Waals surface area contributed by atoms with Crippen LogP contribution in [0.4, 0.5) is 13.2 Å². The first kappa shape index (κ1) is 13.4. The maximum Gasteiger partial charge on any atom is 0.417 e. The van der Waals surface area contributed by atoms with E-state index in [0.717, 1.165) is 34.0 Å². The average Bonchev–Trinajstić information content (AvgIpc) is 2.32. The van der Waals surface area contributed by atoms with Gasteiger partial charge in [0.1, 0.15) is 0 Å². The Balaban J connectivity index is 2.61. The molecule has 1 aromatic heterocycles. The molecule has 0 bridgehead atoms. The predicted molar refractivity (Wildman–Crippen MR) is 66.5 cm³/mol. The van der Waals surface area contributed by atoms with Crippen LogP contribution < -0.4 is 5.56 Å². The van der Waals surface area contributed by atoms with Crippen LogP contribution in [0.15, 0.2) is 41.3 Å². The highest BCUT2D eigenvalue weighted by atomic mass is 19.4. The van der Waals surface area contributed by atoms with E-state index < -0.39 is 17.3 Å². The zero-order chi connectivity index (χ0) is 14.2. The van der Waals surface area contributed by atoms with Crippen molar-refractivity contribution < 1.29 is 13.2 Å². The number of hydrogen-bond donors (Lipinski definition) is 0. The molecular weight excluding hydrogens is 255 g/mol. The lowest BCUT2D eigenvalue weighted by Crippen LogP contribution is -2.19. The molecule has 1 heterocycles. The fourth-order valence-corrected chi connectivity index (χ4v) is 1.73. The number of alkyl halides is 3. The van der Waals surface area contributed by atoms with Gasteiger partial charge in [0, 0.05) is 18.0 Å². The summed E-state index contributed by atoms with van der Waals surface area (Å²) in [4.78, 5) is 11.7. The van der Waals surface area contributed by atoms with Crippen LogP contribution in [0, 0.1) is 13.8 Å². The van der Waals surface area contributed by atoms with E-state index in [1.165, 1.54) is 0 Å². The molecule has 2 rings (SSSR count). The molecule has 0 aliphatic heterocycles. The Morgan fingerprint density at radius 1 is 1.00 bits per heavy atom. The molecule has 0 radical (unpaired) electrons. The van der Waals surface area contributed by atoms with Gasteiger partial charge in [-0.05, 0) is 43.2 Å². The van der Waals surface area contributed by atoms with Gasteiger partial charge in [0.05, 0.1) is 5.56 Å². The smallest absolute Gasteiger partial charge is 0.284 e. The van der Waals surface area contributed by atoms with Crippen LogP contribution in [0.2, 0.25) is 0 Å². The lowest BCUT2D eigenvalue weighted by atomic mass is 10.1. The van der Waals surface area contributed by atoms with E-state index in [2.05, 4.69) is 0 Å². The van der Waals surface area contributed by atoms with Gasteiger partial charge in [-0.3, -0.25) is 9.36 Å². The van der Waals surface area contributed by atoms with Crippen molar-refractivity contribution in [3.63, 3.8) is 0 Å². The van der Waals surface area contributed by atoms with E-state index >= 15 is 0 Å². The SMILES string of the molecule is Cc1ccc(-n2cc(C(F)(F)F)ccc2=O)cc1C. The minimum Gasteiger partial charge on any atom is -0.284 e. The van der Waals surface area contributed by atoms with Gasteiger partial charge in [-0.25, -0.2) is 0 Å². The van der Waals surface area contributed by atoms with E-state index in [0.29, 0.717) is 5.69 Å². The first-order chi connectivity index (χ1) is 8.79. The van der Waals surface area contributed by atoms with Crippen LogP contribution in [0.25, 0.3) is 5.69 Å². The van der Waals surface area contributed by atoms with Crippen LogP contribution in [-0.2, 0) is 6.18 Å². The third-order valence-electron chi connectivity index (χ3n) is 3.01. The third kappa shape index (κ3) is 2.70. The van der Waals surface area contributed by atoms with Crippen LogP contribution in [0.5, 0.6) is 0 Å². The molecule has 1 aromatic carbocycles. The molecule has 0 aliphatic rings. The number of halogens is 3. The third-order valence-corrected chi connectivity index (χ3v) is 3.01. The van der Waals surface area contributed by atoms with Gasteiger partial charge in [0.15, 0.2) is 0 Å². The number of pyridine rings is 1. The van der Waals surface area contributed by atoms with Crippen molar-refractivity contribution in [1.29, 1.82) is 0 Å². The Labute approximate surface area is 108 Å². The average molecular weight is 267 g/mol. The number of hydrogen-bond acceptors (Lipinski definition) is 1. The van der Waals surface area contributed by atoms with Gasteiger partial charge in [-0.15, -0.1) is 0 Å². The van der Waals surface area contributed by atoms with Crippen molar-refractivity contribution in [1.82, 2.24) is 4.57 Å². The Bertz CT molecular complexity index is 671. The van der Waals surface area contributed by atoms with Crippen LogP contribution in [0.3, 0.4) is 0 Å². The van der Waals surface area contributed by atoms with Crippen LogP contribution in [0.1, 0.15) is 16.7 Å². The maximum absolute atomic E-state index is 12.6. The second-order valence-corrected chi connectivity index (χ2v) is 4.39. The lowest BCUT2D eigenvalue weighted by Gasteiger charge is -2.11. The summed E-state index contributed by atoms with van der Waals surface area (Å²) in [6, 6.07) is 6.82. The molecule has 5 heteroatoms. The van der Waals surface area contributed by atoms with E-state index in [-0.39, 0.29) is 0 Å². The Morgan fingerprint density at radius 3 is 2.26 bits per heavy atom. The summed E-state index contributed by atoms with van der Waals surface area (Å²) in [5, 5.41) is 0. The molecule has 0 amide bonds. The zero-order valence-corrected chi connectivity index (χ0v) is 10.5. The van der Waals surface area contributed by atoms with Crippen LogP contribution in [-0.4, -0.2) is 4.57 Å². The van der Waals surface area contributed by atoms with E-state index in [9.17, 15) is 18.0 Å². The van der Waals surface area contributed by atoms with Crippen molar-refractivity contribution in [3.8, 4) is 5.69 Å². The molecule has 0 N–H and O–H groups in total.